The molecule has 2 aromatic carbocycles. The molecule has 0 aliphatic carbocycles. The number of hydrogen-bond acceptors (Lipinski definition) is 6. The minimum Gasteiger partial charge on any atom is -0.478 e. The summed E-state index contributed by atoms with van der Waals surface area (Å²) >= 11 is 0. The number of nitro groups is 1. The average Bonchev–Trinajstić information content (AvgIpc) is 2.66. The first kappa shape index (κ1) is 19.1. The Balaban J connectivity index is 1.96. The molecule has 9 heteroatoms. The van der Waals surface area contributed by atoms with Crippen molar-refractivity contribution in [3.8, 4) is 6.07 Å². The number of benzene rings is 2. The van der Waals surface area contributed by atoms with Gasteiger partial charge in [-0.25, -0.2) is 4.79 Å². The third-order valence-electron chi connectivity index (χ3n) is 3.45. The highest BCUT2D eigenvalue weighted by atomic mass is 16.6. The summed E-state index contributed by atoms with van der Waals surface area (Å²) in [4.78, 5) is 32.9. The zero-order chi connectivity index (χ0) is 19.8. The number of anilines is 1. The van der Waals surface area contributed by atoms with Crippen LogP contribution in [0, 0.1) is 21.4 Å². The molecule has 2 aromatic rings. The van der Waals surface area contributed by atoms with E-state index in [4.69, 9.17) is 10.4 Å². The van der Waals surface area contributed by atoms with Crippen LogP contribution in [0.4, 0.5) is 11.4 Å². The van der Waals surface area contributed by atoms with Gasteiger partial charge in [-0.2, -0.15) is 5.26 Å². The minimum absolute atomic E-state index is 0.111. The third-order valence-corrected chi connectivity index (χ3v) is 3.45. The molecule has 27 heavy (non-hydrogen) atoms. The van der Waals surface area contributed by atoms with Crippen LogP contribution in [0.3, 0.4) is 0 Å². The Morgan fingerprint density at radius 3 is 2.30 bits per heavy atom. The molecular weight excluding hydrogens is 352 g/mol. The van der Waals surface area contributed by atoms with Crippen LogP contribution < -0.4 is 10.6 Å². The van der Waals surface area contributed by atoms with E-state index in [-0.39, 0.29) is 23.4 Å². The number of rotatable bonds is 7. The van der Waals surface area contributed by atoms with E-state index in [0.717, 1.165) is 5.56 Å². The number of carboxylic acid groups (broad SMARTS) is 1. The number of carbonyl (C=O) groups excluding carboxylic acids is 1. The zero-order valence-corrected chi connectivity index (χ0v) is 13.9. The van der Waals surface area contributed by atoms with Gasteiger partial charge in [-0.05, 0) is 29.8 Å². The lowest BCUT2D eigenvalue weighted by atomic mass is 10.1. The number of nitrogens with zero attached hydrogens (tertiary/aromatic N) is 2. The molecule has 0 aliphatic heterocycles. The van der Waals surface area contributed by atoms with Gasteiger partial charge in [0.15, 0.2) is 0 Å². The van der Waals surface area contributed by atoms with E-state index in [1.54, 1.807) is 18.2 Å². The Kier molecular flexibility index (Phi) is 6.22. The van der Waals surface area contributed by atoms with Crippen molar-refractivity contribution in [1.82, 2.24) is 5.32 Å². The van der Waals surface area contributed by atoms with Crippen LogP contribution in [0.1, 0.15) is 15.9 Å². The predicted octanol–water partition coefficient (Wildman–Crippen LogP) is 2.43. The summed E-state index contributed by atoms with van der Waals surface area (Å²) in [5.74, 6) is -1.69. The number of non-ortho nitro benzene ring substituents is 1. The van der Waals surface area contributed by atoms with E-state index in [1.807, 2.05) is 0 Å². The molecule has 0 unspecified atom stereocenters. The molecule has 0 aliphatic rings. The molecular formula is C18H14N4O5. The summed E-state index contributed by atoms with van der Waals surface area (Å²) in [6.07, 6.45) is 1.24. The molecule has 0 bridgehead atoms. The average molecular weight is 366 g/mol. The first-order valence-corrected chi connectivity index (χ1v) is 7.62. The Morgan fingerprint density at radius 2 is 1.78 bits per heavy atom. The summed E-state index contributed by atoms with van der Waals surface area (Å²) in [5.41, 5.74) is 0.949. The molecule has 0 fully saturated rings. The molecule has 0 saturated carbocycles. The van der Waals surface area contributed by atoms with Crippen LogP contribution in [0.5, 0.6) is 0 Å². The molecule has 2 rings (SSSR count). The van der Waals surface area contributed by atoms with Crippen LogP contribution in [0.25, 0.3) is 0 Å². The van der Waals surface area contributed by atoms with E-state index in [9.17, 15) is 19.7 Å². The van der Waals surface area contributed by atoms with Gasteiger partial charge in [0.2, 0.25) is 0 Å². The van der Waals surface area contributed by atoms with Crippen LogP contribution >= 0.6 is 0 Å². The van der Waals surface area contributed by atoms with Crippen molar-refractivity contribution >= 4 is 23.3 Å². The van der Waals surface area contributed by atoms with Gasteiger partial charge in [0.05, 0.1) is 10.5 Å². The van der Waals surface area contributed by atoms with Gasteiger partial charge in [0.1, 0.15) is 11.6 Å². The highest BCUT2D eigenvalue weighted by Gasteiger charge is 2.10. The van der Waals surface area contributed by atoms with E-state index in [1.165, 1.54) is 42.6 Å². The number of hydrogen-bond donors (Lipinski definition) is 3. The number of nitrogens with one attached hydrogen (secondary N) is 2. The standard InChI is InChI=1S/C18H14N4O5/c19-9-14(11-20-10-12-1-3-13(4-2-12)18(24)25)17(23)21-15-5-7-16(8-6-15)22(26)27/h1-8,11,20H,10H2,(H,21,23)(H,24,25)/b14-11-. The van der Waals surface area contributed by atoms with Gasteiger partial charge in [-0.1, -0.05) is 12.1 Å². The van der Waals surface area contributed by atoms with Crippen molar-refractivity contribution in [3.05, 3.63) is 81.5 Å². The van der Waals surface area contributed by atoms with Gasteiger partial charge in [0.25, 0.3) is 11.6 Å². The molecule has 0 atom stereocenters. The van der Waals surface area contributed by atoms with Crippen molar-refractivity contribution in [2.24, 2.45) is 0 Å². The monoisotopic (exact) mass is 366 g/mol. The molecule has 9 nitrogen and oxygen atoms in total. The second kappa shape index (κ2) is 8.77. The van der Waals surface area contributed by atoms with Crippen LogP contribution in [-0.2, 0) is 11.3 Å². The maximum atomic E-state index is 12.1. The fourth-order valence-electron chi connectivity index (χ4n) is 2.05. The third kappa shape index (κ3) is 5.40. The summed E-state index contributed by atoms with van der Waals surface area (Å²) in [6.45, 7) is 0.288. The van der Waals surface area contributed by atoms with Crippen molar-refractivity contribution in [3.63, 3.8) is 0 Å². The number of amides is 1. The summed E-state index contributed by atoms with van der Waals surface area (Å²) in [6, 6.07) is 13.1. The molecule has 0 aromatic heterocycles. The smallest absolute Gasteiger partial charge is 0.335 e. The Morgan fingerprint density at radius 1 is 1.15 bits per heavy atom. The highest BCUT2D eigenvalue weighted by Crippen LogP contribution is 2.16. The molecule has 136 valence electrons. The van der Waals surface area contributed by atoms with Gasteiger partial charge >= 0.3 is 5.97 Å². The summed E-state index contributed by atoms with van der Waals surface area (Å²) in [5, 5.41) is 33.8. The van der Waals surface area contributed by atoms with Crippen LogP contribution in [-0.4, -0.2) is 21.9 Å². The summed E-state index contributed by atoms with van der Waals surface area (Å²) in [7, 11) is 0. The SMILES string of the molecule is N#C/C(=C/NCc1ccc(C(=O)O)cc1)C(=O)Nc1ccc([N+](=O)[O-])cc1. The minimum atomic E-state index is -1.02. The molecule has 0 saturated heterocycles. The second-order valence-corrected chi connectivity index (χ2v) is 5.31. The predicted molar refractivity (Wildman–Crippen MR) is 95.7 cm³/mol. The largest absolute Gasteiger partial charge is 0.478 e. The quantitative estimate of drug-likeness (QED) is 0.295. The first-order chi connectivity index (χ1) is 12.9. The lowest BCUT2D eigenvalue weighted by Gasteiger charge is -2.05. The van der Waals surface area contributed by atoms with Crippen molar-refractivity contribution in [2.75, 3.05) is 5.32 Å². The van der Waals surface area contributed by atoms with E-state index < -0.39 is 16.8 Å². The Bertz CT molecular complexity index is 928. The Labute approximate surface area is 153 Å². The summed E-state index contributed by atoms with van der Waals surface area (Å²) < 4.78 is 0. The van der Waals surface area contributed by atoms with E-state index >= 15 is 0 Å². The van der Waals surface area contributed by atoms with Crippen molar-refractivity contribution in [2.45, 2.75) is 6.54 Å². The topological polar surface area (TPSA) is 145 Å². The molecule has 0 spiro atoms. The van der Waals surface area contributed by atoms with Gasteiger partial charge in [-0.3, -0.25) is 14.9 Å². The first-order valence-electron chi connectivity index (χ1n) is 7.62. The normalized spacial score (nSPS) is 10.6. The fraction of sp³-hybridized carbons (Fsp3) is 0.0556. The van der Waals surface area contributed by atoms with Gasteiger partial charge in [0, 0.05) is 30.6 Å². The zero-order valence-electron chi connectivity index (χ0n) is 13.9. The molecule has 1 amide bonds. The highest BCUT2D eigenvalue weighted by molar-refractivity contribution is 6.06. The van der Waals surface area contributed by atoms with Gasteiger partial charge in [-0.15, -0.1) is 0 Å². The second-order valence-electron chi connectivity index (χ2n) is 5.31. The van der Waals surface area contributed by atoms with Crippen LogP contribution in [0.2, 0.25) is 0 Å². The van der Waals surface area contributed by atoms with E-state index in [0.29, 0.717) is 5.69 Å². The lowest BCUT2D eigenvalue weighted by Crippen LogP contribution is -2.16. The number of nitriles is 1. The lowest BCUT2D eigenvalue weighted by molar-refractivity contribution is -0.384. The van der Waals surface area contributed by atoms with Crippen molar-refractivity contribution in [1.29, 1.82) is 5.26 Å². The maximum Gasteiger partial charge on any atom is 0.335 e. The van der Waals surface area contributed by atoms with Gasteiger partial charge < -0.3 is 15.7 Å². The van der Waals surface area contributed by atoms with Crippen molar-refractivity contribution < 1.29 is 19.6 Å². The molecule has 0 radical (unpaired) electrons. The Hall–Kier alpha value is -4.19. The number of carboxylic acids is 1. The van der Waals surface area contributed by atoms with E-state index in [2.05, 4.69) is 10.6 Å². The maximum absolute atomic E-state index is 12.1. The number of nitro benzene ring substituents is 1. The molecule has 3 N–H and O–H groups in total. The number of aromatic carboxylic acids is 1. The van der Waals surface area contributed by atoms with Crippen LogP contribution in [0.15, 0.2) is 60.3 Å². The fourth-order valence-corrected chi connectivity index (χ4v) is 2.05. The number of carbonyl (C=O) groups is 2. The molecule has 0 heterocycles.